The molecule has 0 spiro atoms. The number of hydrogen-bond donors (Lipinski definition) is 1. The SMILES string of the molecule is COc1ccc2c(c1)C(=O)C=C(O)C2=O. The van der Waals surface area contributed by atoms with E-state index in [4.69, 9.17) is 4.74 Å². The Morgan fingerprint density at radius 3 is 2.60 bits per heavy atom. The molecule has 0 aromatic heterocycles. The first-order valence-electron chi connectivity index (χ1n) is 4.31. The van der Waals surface area contributed by atoms with Crippen LogP contribution in [-0.4, -0.2) is 23.8 Å². The van der Waals surface area contributed by atoms with Crippen molar-refractivity contribution in [3.8, 4) is 5.75 Å². The van der Waals surface area contributed by atoms with Gasteiger partial charge in [0.05, 0.1) is 7.11 Å². The van der Waals surface area contributed by atoms with Gasteiger partial charge in [0, 0.05) is 17.2 Å². The minimum Gasteiger partial charge on any atom is -0.504 e. The minimum atomic E-state index is -0.535. The molecule has 0 fully saturated rings. The molecule has 1 aliphatic rings. The smallest absolute Gasteiger partial charge is 0.228 e. The molecule has 2 rings (SSSR count). The first kappa shape index (κ1) is 9.45. The van der Waals surface area contributed by atoms with Crippen LogP contribution >= 0.6 is 0 Å². The number of allylic oxidation sites excluding steroid dienone is 2. The lowest BCUT2D eigenvalue weighted by molar-refractivity contribution is 0.0939. The van der Waals surface area contributed by atoms with Gasteiger partial charge in [-0.05, 0) is 18.2 Å². The molecule has 1 aromatic carbocycles. The maximum Gasteiger partial charge on any atom is 0.228 e. The van der Waals surface area contributed by atoms with Crippen molar-refractivity contribution in [2.75, 3.05) is 7.11 Å². The number of ketones is 2. The largest absolute Gasteiger partial charge is 0.504 e. The van der Waals surface area contributed by atoms with Crippen molar-refractivity contribution in [3.63, 3.8) is 0 Å². The Morgan fingerprint density at radius 2 is 1.93 bits per heavy atom. The predicted octanol–water partition coefficient (Wildman–Crippen LogP) is 1.52. The van der Waals surface area contributed by atoms with Gasteiger partial charge in [-0.25, -0.2) is 0 Å². The Balaban J connectivity index is 2.62. The highest BCUT2D eigenvalue weighted by Gasteiger charge is 2.25. The predicted molar refractivity (Wildman–Crippen MR) is 52.4 cm³/mol. The standard InChI is InChI=1S/C11H8O4/c1-15-6-2-3-7-8(4-6)9(12)5-10(13)11(7)14/h2-5,13H,1H3. The molecule has 0 amide bonds. The summed E-state index contributed by atoms with van der Waals surface area (Å²) in [7, 11) is 1.48. The van der Waals surface area contributed by atoms with Crippen LogP contribution in [0.25, 0.3) is 0 Å². The van der Waals surface area contributed by atoms with E-state index < -0.39 is 11.5 Å². The zero-order valence-corrected chi connectivity index (χ0v) is 7.98. The maximum absolute atomic E-state index is 11.5. The van der Waals surface area contributed by atoms with Gasteiger partial charge in [-0.3, -0.25) is 9.59 Å². The molecule has 0 radical (unpaired) electrons. The third-order valence-electron chi connectivity index (χ3n) is 2.24. The Bertz CT molecular complexity index is 485. The normalized spacial score (nSPS) is 14.6. The highest BCUT2D eigenvalue weighted by Crippen LogP contribution is 2.24. The summed E-state index contributed by atoms with van der Waals surface area (Å²) in [6, 6.07) is 4.53. The molecule has 0 unspecified atom stereocenters. The van der Waals surface area contributed by atoms with E-state index in [1.165, 1.54) is 19.2 Å². The number of hydrogen-bond acceptors (Lipinski definition) is 4. The first-order chi connectivity index (χ1) is 7.13. The van der Waals surface area contributed by atoms with Gasteiger partial charge in [-0.1, -0.05) is 0 Å². The molecule has 4 heteroatoms. The molecule has 0 aliphatic heterocycles. The van der Waals surface area contributed by atoms with E-state index in [-0.39, 0.29) is 16.9 Å². The summed E-state index contributed by atoms with van der Waals surface area (Å²) in [6.07, 6.45) is 0.921. The average molecular weight is 204 g/mol. The van der Waals surface area contributed by atoms with Crippen LogP contribution in [0.2, 0.25) is 0 Å². The average Bonchev–Trinajstić information content (AvgIpc) is 2.25. The van der Waals surface area contributed by atoms with Crippen molar-refractivity contribution in [1.29, 1.82) is 0 Å². The van der Waals surface area contributed by atoms with E-state index in [1.54, 1.807) is 6.07 Å². The molecular weight excluding hydrogens is 196 g/mol. The van der Waals surface area contributed by atoms with Crippen molar-refractivity contribution in [2.45, 2.75) is 0 Å². The number of aliphatic hydroxyl groups excluding tert-OH is 1. The Hall–Kier alpha value is -2.10. The third kappa shape index (κ3) is 1.40. The summed E-state index contributed by atoms with van der Waals surface area (Å²) in [5.74, 6) is -0.935. The number of aliphatic hydroxyl groups is 1. The molecule has 1 aliphatic carbocycles. The van der Waals surface area contributed by atoms with Crippen LogP contribution in [0.4, 0.5) is 0 Å². The summed E-state index contributed by atoms with van der Waals surface area (Å²) in [5.41, 5.74) is 0.470. The molecule has 0 bridgehead atoms. The zero-order chi connectivity index (χ0) is 11.0. The zero-order valence-electron chi connectivity index (χ0n) is 7.98. The van der Waals surface area contributed by atoms with Crippen molar-refractivity contribution < 1.29 is 19.4 Å². The van der Waals surface area contributed by atoms with E-state index in [0.29, 0.717) is 5.75 Å². The van der Waals surface area contributed by atoms with Crippen molar-refractivity contribution in [3.05, 3.63) is 41.2 Å². The number of rotatable bonds is 1. The quantitative estimate of drug-likeness (QED) is 0.753. The van der Waals surface area contributed by atoms with E-state index >= 15 is 0 Å². The summed E-state index contributed by atoms with van der Waals surface area (Å²) in [6.45, 7) is 0. The van der Waals surface area contributed by atoms with E-state index in [1.807, 2.05) is 0 Å². The summed E-state index contributed by atoms with van der Waals surface area (Å²) >= 11 is 0. The van der Waals surface area contributed by atoms with Crippen LogP contribution in [-0.2, 0) is 0 Å². The van der Waals surface area contributed by atoms with Crippen LogP contribution in [0.3, 0.4) is 0 Å². The lowest BCUT2D eigenvalue weighted by Crippen LogP contribution is -2.16. The third-order valence-corrected chi connectivity index (χ3v) is 2.24. The van der Waals surface area contributed by atoms with Gasteiger partial charge in [-0.2, -0.15) is 0 Å². The Kier molecular flexibility index (Phi) is 2.04. The fourth-order valence-corrected chi connectivity index (χ4v) is 1.46. The van der Waals surface area contributed by atoms with Gasteiger partial charge in [-0.15, -0.1) is 0 Å². The van der Waals surface area contributed by atoms with Gasteiger partial charge in [0.2, 0.25) is 5.78 Å². The van der Waals surface area contributed by atoms with Gasteiger partial charge < -0.3 is 9.84 Å². The monoisotopic (exact) mass is 204 g/mol. The Morgan fingerprint density at radius 1 is 1.20 bits per heavy atom. The molecule has 0 heterocycles. The fourth-order valence-electron chi connectivity index (χ4n) is 1.46. The number of ether oxygens (including phenoxy) is 1. The number of carbonyl (C=O) groups excluding carboxylic acids is 2. The van der Waals surface area contributed by atoms with Crippen LogP contribution in [0.15, 0.2) is 30.0 Å². The molecular formula is C11H8O4. The van der Waals surface area contributed by atoms with Crippen LogP contribution in [0.1, 0.15) is 20.7 Å². The van der Waals surface area contributed by atoms with E-state index in [2.05, 4.69) is 0 Å². The highest BCUT2D eigenvalue weighted by molar-refractivity contribution is 6.23. The molecule has 4 nitrogen and oxygen atoms in total. The maximum atomic E-state index is 11.5. The Labute approximate surface area is 85.8 Å². The summed E-state index contributed by atoms with van der Waals surface area (Å²) in [5, 5.41) is 9.18. The van der Waals surface area contributed by atoms with Crippen LogP contribution < -0.4 is 4.74 Å². The van der Waals surface area contributed by atoms with Gasteiger partial charge in [0.25, 0.3) is 0 Å². The molecule has 76 valence electrons. The lowest BCUT2D eigenvalue weighted by Gasteiger charge is -2.12. The van der Waals surface area contributed by atoms with Crippen LogP contribution in [0, 0.1) is 0 Å². The molecule has 15 heavy (non-hydrogen) atoms. The van der Waals surface area contributed by atoms with Crippen molar-refractivity contribution in [2.24, 2.45) is 0 Å². The van der Waals surface area contributed by atoms with Crippen molar-refractivity contribution >= 4 is 11.6 Å². The number of methoxy groups -OCH3 is 1. The second-order valence-electron chi connectivity index (χ2n) is 3.13. The molecule has 1 aromatic rings. The fraction of sp³-hybridized carbons (Fsp3) is 0.0909. The number of Topliss-reactive ketones (excluding diaryl/α,β-unsaturated/α-hetero) is 1. The van der Waals surface area contributed by atoms with Crippen molar-refractivity contribution in [1.82, 2.24) is 0 Å². The topological polar surface area (TPSA) is 63.6 Å². The number of fused-ring (bicyclic) bond motifs is 1. The van der Waals surface area contributed by atoms with Crippen LogP contribution in [0.5, 0.6) is 5.75 Å². The summed E-state index contributed by atoms with van der Waals surface area (Å²) in [4.78, 5) is 22.9. The van der Waals surface area contributed by atoms with Gasteiger partial charge >= 0.3 is 0 Å². The minimum absolute atomic E-state index is 0.209. The number of benzene rings is 1. The molecule has 0 saturated carbocycles. The van der Waals surface area contributed by atoms with E-state index in [0.717, 1.165) is 6.08 Å². The molecule has 0 saturated heterocycles. The number of carbonyl (C=O) groups is 2. The molecule has 0 atom stereocenters. The second kappa shape index (κ2) is 3.24. The van der Waals surface area contributed by atoms with Gasteiger partial charge in [0.15, 0.2) is 11.5 Å². The van der Waals surface area contributed by atoms with Gasteiger partial charge in [0.1, 0.15) is 5.75 Å². The first-order valence-corrected chi connectivity index (χ1v) is 4.31. The summed E-state index contributed by atoms with van der Waals surface area (Å²) < 4.78 is 4.94. The molecule has 1 N–H and O–H groups in total. The second-order valence-corrected chi connectivity index (χ2v) is 3.13. The van der Waals surface area contributed by atoms with E-state index in [9.17, 15) is 14.7 Å². The lowest BCUT2D eigenvalue weighted by atomic mass is 9.93. The highest BCUT2D eigenvalue weighted by atomic mass is 16.5.